The molecule has 0 heterocycles. The fraction of sp³-hybridized carbons (Fsp3) is 1.00. The number of hydrogen-bond acceptors (Lipinski definition) is 4. The third-order valence-corrected chi connectivity index (χ3v) is 1.63. The fourth-order valence-electron chi connectivity index (χ4n) is 0.654. The summed E-state index contributed by atoms with van der Waals surface area (Å²) in [6.07, 6.45) is 0.857. The van der Waals surface area contributed by atoms with Crippen molar-refractivity contribution in [3.05, 3.63) is 0 Å². The SMILES string of the molecule is CC(CO)(CO)NCCCN. The average molecular weight is 162 g/mol. The molecular formula is C7H18N2O2. The molecule has 0 aliphatic carbocycles. The van der Waals surface area contributed by atoms with E-state index < -0.39 is 5.54 Å². The number of hydrogen-bond donors (Lipinski definition) is 4. The minimum atomic E-state index is -0.560. The molecular weight excluding hydrogens is 144 g/mol. The van der Waals surface area contributed by atoms with Gasteiger partial charge in [0.05, 0.1) is 18.8 Å². The molecule has 0 bridgehead atoms. The van der Waals surface area contributed by atoms with E-state index in [1.54, 1.807) is 6.92 Å². The quantitative estimate of drug-likeness (QED) is 0.365. The maximum absolute atomic E-state index is 8.83. The summed E-state index contributed by atoms with van der Waals surface area (Å²) >= 11 is 0. The summed E-state index contributed by atoms with van der Waals surface area (Å²) in [7, 11) is 0. The predicted molar refractivity (Wildman–Crippen MR) is 44.3 cm³/mol. The standard InChI is InChI=1S/C7H18N2O2/c1-7(5-10,6-11)9-4-2-3-8/h9-11H,2-6,8H2,1H3. The van der Waals surface area contributed by atoms with Gasteiger partial charge in [0.2, 0.25) is 0 Å². The first kappa shape index (κ1) is 10.8. The van der Waals surface area contributed by atoms with Crippen LogP contribution >= 0.6 is 0 Å². The second kappa shape index (κ2) is 5.49. The number of nitrogens with two attached hydrogens (primary N) is 1. The molecule has 5 N–H and O–H groups in total. The molecule has 0 rings (SSSR count). The van der Waals surface area contributed by atoms with Crippen LogP contribution in [0.2, 0.25) is 0 Å². The van der Waals surface area contributed by atoms with Crippen LogP contribution in [0.5, 0.6) is 0 Å². The minimum Gasteiger partial charge on any atom is -0.394 e. The van der Waals surface area contributed by atoms with Gasteiger partial charge in [0.25, 0.3) is 0 Å². The van der Waals surface area contributed by atoms with E-state index in [1.165, 1.54) is 0 Å². The molecule has 0 saturated carbocycles. The van der Waals surface area contributed by atoms with Gasteiger partial charge in [-0.1, -0.05) is 0 Å². The molecule has 0 atom stereocenters. The van der Waals surface area contributed by atoms with E-state index in [9.17, 15) is 0 Å². The highest BCUT2D eigenvalue weighted by atomic mass is 16.3. The number of rotatable bonds is 6. The van der Waals surface area contributed by atoms with Crippen LogP contribution in [0.15, 0.2) is 0 Å². The highest BCUT2D eigenvalue weighted by Crippen LogP contribution is 1.99. The average Bonchev–Trinajstić information content (AvgIpc) is 2.05. The lowest BCUT2D eigenvalue weighted by molar-refractivity contribution is 0.104. The Bertz CT molecular complexity index is 94.4. The van der Waals surface area contributed by atoms with Gasteiger partial charge in [-0.3, -0.25) is 0 Å². The first-order valence-corrected chi connectivity index (χ1v) is 3.85. The summed E-state index contributed by atoms with van der Waals surface area (Å²) in [5, 5.41) is 20.7. The van der Waals surface area contributed by atoms with Crippen LogP contribution in [-0.2, 0) is 0 Å². The normalized spacial score (nSPS) is 12.0. The number of aliphatic hydroxyl groups excluding tert-OH is 2. The molecule has 4 heteroatoms. The molecule has 0 radical (unpaired) electrons. The largest absolute Gasteiger partial charge is 0.394 e. The van der Waals surface area contributed by atoms with Crippen molar-refractivity contribution >= 4 is 0 Å². The third kappa shape index (κ3) is 4.31. The Morgan fingerprint density at radius 2 is 1.91 bits per heavy atom. The van der Waals surface area contributed by atoms with E-state index in [0.717, 1.165) is 13.0 Å². The Morgan fingerprint density at radius 1 is 1.36 bits per heavy atom. The lowest BCUT2D eigenvalue weighted by Crippen LogP contribution is -2.49. The topological polar surface area (TPSA) is 78.5 Å². The summed E-state index contributed by atoms with van der Waals surface area (Å²) in [6.45, 7) is 3.00. The molecule has 0 spiro atoms. The molecule has 0 aromatic carbocycles. The summed E-state index contributed by atoms with van der Waals surface area (Å²) in [4.78, 5) is 0. The molecule has 11 heavy (non-hydrogen) atoms. The zero-order chi connectivity index (χ0) is 8.74. The highest BCUT2D eigenvalue weighted by molar-refractivity contribution is 4.80. The summed E-state index contributed by atoms with van der Waals surface area (Å²) in [5.74, 6) is 0. The van der Waals surface area contributed by atoms with Crippen molar-refractivity contribution < 1.29 is 10.2 Å². The Hall–Kier alpha value is -0.160. The summed E-state index contributed by atoms with van der Waals surface area (Å²) in [5.41, 5.74) is 4.72. The molecule has 0 aromatic rings. The van der Waals surface area contributed by atoms with E-state index in [-0.39, 0.29) is 13.2 Å². The summed E-state index contributed by atoms with van der Waals surface area (Å²) in [6, 6.07) is 0. The van der Waals surface area contributed by atoms with Crippen LogP contribution in [0.1, 0.15) is 13.3 Å². The van der Waals surface area contributed by atoms with Crippen molar-refractivity contribution in [1.29, 1.82) is 0 Å². The van der Waals surface area contributed by atoms with E-state index in [0.29, 0.717) is 6.54 Å². The summed E-state index contributed by atoms with van der Waals surface area (Å²) < 4.78 is 0. The number of nitrogens with one attached hydrogen (secondary N) is 1. The van der Waals surface area contributed by atoms with Crippen molar-refractivity contribution in [2.45, 2.75) is 18.9 Å². The predicted octanol–water partition coefficient (Wildman–Crippen LogP) is -1.33. The molecule has 0 aliphatic rings. The van der Waals surface area contributed by atoms with Crippen LogP contribution in [0.25, 0.3) is 0 Å². The van der Waals surface area contributed by atoms with Crippen LogP contribution in [0.3, 0.4) is 0 Å². The molecule has 0 saturated heterocycles. The van der Waals surface area contributed by atoms with Gasteiger partial charge in [0.1, 0.15) is 0 Å². The van der Waals surface area contributed by atoms with Crippen molar-refractivity contribution in [2.75, 3.05) is 26.3 Å². The van der Waals surface area contributed by atoms with Crippen LogP contribution in [0, 0.1) is 0 Å². The van der Waals surface area contributed by atoms with Crippen LogP contribution in [0.4, 0.5) is 0 Å². The highest BCUT2D eigenvalue weighted by Gasteiger charge is 2.20. The maximum Gasteiger partial charge on any atom is 0.0633 e. The lowest BCUT2D eigenvalue weighted by Gasteiger charge is -2.26. The zero-order valence-corrected chi connectivity index (χ0v) is 7.01. The van der Waals surface area contributed by atoms with Crippen molar-refractivity contribution in [3.8, 4) is 0 Å². The molecule has 0 amide bonds. The van der Waals surface area contributed by atoms with E-state index in [1.807, 2.05) is 0 Å². The molecule has 4 nitrogen and oxygen atoms in total. The molecule has 0 unspecified atom stereocenters. The maximum atomic E-state index is 8.83. The van der Waals surface area contributed by atoms with Gasteiger partial charge >= 0.3 is 0 Å². The third-order valence-electron chi connectivity index (χ3n) is 1.63. The first-order chi connectivity index (χ1) is 5.18. The van der Waals surface area contributed by atoms with E-state index in [4.69, 9.17) is 15.9 Å². The van der Waals surface area contributed by atoms with Gasteiger partial charge in [-0.15, -0.1) is 0 Å². The van der Waals surface area contributed by atoms with Crippen LogP contribution in [-0.4, -0.2) is 42.1 Å². The smallest absolute Gasteiger partial charge is 0.0633 e. The van der Waals surface area contributed by atoms with Crippen molar-refractivity contribution in [2.24, 2.45) is 5.73 Å². The van der Waals surface area contributed by atoms with E-state index in [2.05, 4.69) is 5.32 Å². The minimum absolute atomic E-state index is 0.0614. The molecule has 0 aliphatic heterocycles. The zero-order valence-electron chi connectivity index (χ0n) is 7.01. The van der Waals surface area contributed by atoms with Gasteiger partial charge in [0.15, 0.2) is 0 Å². The van der Waals surface area contributed by atoms with Gasteiger partial charge in [-0.2, -0.15) is 0 Å². The second-order valence-corrected chi connectivity index (χ2v) is 2.95. The van der Waals surface area contributed by atoms with E-state index >= 15 is 0 Å². The monoisotopic (exact) mass is 162 g/mol. The Balaban J connectivity index is 3.51. The van der Waals surface area contributed by atoms with Crippen molar-refractivity contribution in [3.63, 3.8) is 0 Å². The fourth-order valence-corrected chi connectivity index (χ4v) is 0.654. The van der Waals surface area contributed by atoms with Crippen LogP contribution < -0.4 is 11.1 Å². The van der Waals surface area contributed by atoms with Gasteiger partial charge in [0, 0.05) is 0 Å². The first-order valence-electron chi connectivity index (χ1n) is 3.85. The van der Waals surface area contributed by atoms with Crippen molar-refractivity contribution in [1.82, 2.24) is 5.32 Å². The van der Waals surface area contributed by atoms with Gasteiger partial charge < -0.3 is 21.3 Å². The van der Waals surface area contributed by atoms with Gasteiger partial charge in [-0.05, 0) is 26.4 Å². The lowest BCUT2D eigenvalue weighted by atomic mass is 10.1. The Morgan fingerprint density at radius 3 is 2.27 bits per heavy atom. The molecule has 68 valence electrons. The Labute approximate surface area is 67.4 Å². The molecule has 0 aromatic heterocycles. The second-order valence-electron chi connectivity index (χ2n) is 2.95. The molecule has 0 fully saturated rings. The van der Waals surface area contributed by atoms with Gasteiger partial charge in [-0.25, -0.2) is 0 Å². The number of aliphatic hydroxyl groups is 2. The Kier molecular flexibility index (Phi) is 5.41.